The predicted octanol–water partition coefficient (Wildman–Crippen LogP) is 5.27. The van der Waals surface area contributed by atoms with Gasteiger partial charge in [0.15, 0.2) is 5.69 Å². The first-order valence-electron chi connectivity index (χ1n) is 22.7. The summed E-state index contributed by atoms with van der Waals surface area (Å²) in [5.74, 6) is -0.820. The first-order chi connectivity index (χ1) is 31.3. The predicted molar refractivity (Wildman–Crippen MR) is 237 cm³/mol. The lowest BCUT2D eigenvalue weighted by Crippen LogP contribution is -2.54. The van der Waals surface area contributed by atoms with Crippen molar-refractivity contribution in [1.82, 2.24) is 25.0 Å². The number of amides is 5. The highest BCUT2D eigenvalue weighted by molar-refractivity contribution is 6.23. The molecule has 5 fully saturated rings. The Labute approximate surface area is 375 Å². The van der Waals surface area contributed by atoms with Gasteiger partial charge in [0, 0.05) is 102 Å². The SMILES string of the molecule is [C-]#[N+]c1ccc(N2CCC(C(=O)Nc3ccc(N4CCC(CN5CCN(C[C@@H]6CCN(c7ccc8c(c7)C(=O)N(C7CCC(=O)NC7=O)C8=O)C6)CC5)CC4)cn3)CC2)cc1C(F)(F)F. The Balaban J connectivity index is 0.672. The van der Waals surface area contributed by atoms with Gasteiger partial charge in [-0.2, -0.15) is 13.2 Å². The highest BCUT2D eigenvalue weighted by Crippen LogP contribution is 2.40. The molecule has 65 heavy (non-hydrogen) atoms. The van der Waals surface area contributed by atoms with Gasteiger partial charge in [-0.15, -0.1) is 0 Å². The van der Waals surface area contributed by atoms with Gasteiger partial charge in [0.1, 0.15) is 11.9 Å². The molecule has 3 aromatic rings. The summed E-state index contributed by atoms with van der Waals surface area (Å²) in [6, 6.07) is 12.0. The van der Waals surface area contributed by atoms with E-state index in [0.29, 0.717) is 60.4 Å². The number of aromatic nitrogens is 1. The van der Waals surface area contributed by atoms with Crippen LogP contribution in [0.5, 0.6) is 0 Å². The number of hydrogen-bond acceptors (Lipinski definition) is 11. The molecule has 7 heterocycles. The molecule has 6 aliphatic heterocycles. The topological polar surface area (TPSA) is 146 Å². The zero-order valence-corrected chi connectivity index (χ0v) is 36.2. The fourth-order valence-electron chi connectivity index (χ4n) is 10.5. The Bertz CT molecular complexity index is 2370. The summed E-state index contributed by atoms with van der Waals surface area (Å²) < 4.78 is 40.5. The fraction of sp³-hybridized carbons (Fsp3) is 0.511. The molecule has 2 N–H and O–H groups in total. The summed E-state index contributed by atoms with van der Waals surface area (Å²) in [4.78, 5) is 83.9. The van der Waals surface area contributed by atoms with Gasteiger partial charge in [-0.25, -0.2) is 9.83 Å². The normalized spacial score (nSPS) is 22.9. The minimum Gasteiger partial charge on any atom is -0.372 e. The van der Waals surface area contributed by atoms with Crippen LogP contribution in [0, 0.1) is 24.3 Å². The van der Waals surface area contributed by atoms with Crippen molar-refractivity contribution in [3.63, 3.8) is 0 Å². The number of benzene rings is 2. The lowest BCUT2D eigenvalue weighted by atomic mass is 9.95. The summed E-state index contributed by atoms with van der Waals surface area (Å²) >= 11 is 0. The Kier molecular flexibility index (Phi) is 12.5. The van der Waals surface area contributed by atoms with Crippen LogP contribution in [0.25, 0.3) is 4.85 Å². The number of alkyl halides is 3. The second-order valence-electron chi connectivity index (χ2n) is 18.3. The van der Waals surface area contributed by atoms with Crippen molar-refractivity contribution in [2.45, 2.75) is 57.2 Å². The van der Waals surface area contributed by atoms with E-state index < -0.39 is 47.1 Å². The summed E-state index contributed by atoms with van der Waals surface area (Å²) in [6.45, 7) is 17.8. The molecule has 9 rings (SSSR count). The third-order valence-corrected chi connectivity index (χ3v) is 14.2. The number of nitrogens with one attached hydrogen (secondary N) is 2. The summed E-state index contributed by atoms with van der Waals surface area (Å²) in [7, 11) is 0. The molecule has 0 saturated carbocycles. The maximum atomic E-state index is 13.5. The second kappa shape index (κ2) is 18.4. The number of rotatable bonds is 10. The average molecular weight is 895 g/mol. The molecule has 342 valence electrons. The number of hydrogen-bond donors (Lipinski definition) is 2. The maximum Gasteiger partial charge on any atom is 0.407 e. The number of carbonyl (C=O) groups excluding carboxylic acids is 5. The second-order valence-corrected chi connectivity index (χ2v) is 18.3. The molecule has 1 unspecified atom stereocenters. The first-order valence-corrected chi connectivity index (χ1v) is 22.7. The van der Waals surface area contributed by atoms with E-state index in [2.05, 4.69) is 40.1 Å². The molecule has 5 saturated heterocycles. The summed E-state index contributed by atoms with van der Waals surface area (Å²) in [5.41, 5.74) is 1.57. The van der Waals surface area contributed by atoms with Crippen LogP contribution in [0.15, 0.2) is 54.7 Å². The Morgan fingerprint density at radius 3 is 1.98 bits per heavy atom. The number of imide groups is 2. The van der Waals surface area contributed by atoms with Crippen molar-refractivity contribution in [2.24, 2.45) is 17.8 Å². The van der Waals surface area contributed by atoms with Crippen LogP contribution in [0.4, 0.5) is 41.7 Å². The Morgan fingerprint density at radius 1 is 0.723 bits per heavy atom. The number of halogens is 3. The van der Waals surface area contributed by atoms with E-state index in [1.165, 1.54) is 12.1 Å². The van der Waals surface area contributed by atoms with E-state index in [9.17, 15) is 37.1 Å². The zero-order valence-electron chi connectivity index (χ0n) is 36.2. The standard InChI is InChI=1S/C47H53F3N10O5/c1-51-39-6-3-34(25-38(39)47(48,49)50)57-18-13-32(14-19-57)43(62)53-41-8-4-35(26-52-41)58-15-10-30(11-16-58)27-55-20-22-56(23-21-55)28-31-12-17-59(29-31)33-2-5-36-37(24-33)46(65)60(45(36)64)40-7-9-42(61)54-44(40)63/h2-6,8,24-26,30-32,40H,7,9-23,27-29H2,(H,52,53,62)(H,54,61,63)/t31-,40?/m0/s1. The van der Waals surface area contributed by atoms with Crippen LogP contribution in [0.1, 0.15) is 71.2 Å². The van der Waals surface area contributed by atoms with Gasteiger partial charge in [0.2, 0.25) is 17.7 Å². The van der Waals surface area contributed by atoms with E-state index in [1.807, 2.05) is 23.1 Å². The molecule has 6 aliphatic rings. The van der Waals surface area contributed by atoms with Gasteiger partial charge >= 0.3 is 6.18 Å². The molecule has 2 aromatic carbocycles. The third-order valence-electron chi connectivity index (χ3n) is 14.2. The highest BCUT2D eigenvalue weighted by Gasteiger charge is 2.45. The van der Waals surface area contributed by atoms with Crippen molar-refractivity contribution in [2.75, 3.05) is 98.6 Å². The minimum atomic E-state index is -4.61. The van der Waals surface area contributed by atoms with Crippen LogP contribution in [0.3, 0.4) is 0 Å². The van der Waals surface area contributed by atoms with Gasteiger partial charge in [-0.1, -0.05) is 6.07 Å². The van der Waals surface area contributed by atoms with E-state index in [1.54, 1.807) is 18.3 Å². The van der Waals surface area contributed by atoms with Crippen molar-refractivity contribution < 1.29 is 37.1 Å². The van der Waals surface area contributed by atoms with Crippen molar-refractivity contribution in [3.05, 3.63) is 82.8 Å². The van der Waals surface area contributed by atoms with E-state index in [4.69, 9.17) is 6.57 Å². The maximum absolute atomic E-state index is 13.5. The number of anilines is 4. The van der Waals surface area contributed by atoms with E-state index in [-0.39, 0.29) is 24.7 Å². The largest absolute Gasteiger partial charge is 0.407 e. The number of nitrogens with zero attached hydrogens (tertiary/aromatic N) is 8. The molecular formula is C47H53F3N10O5. The number of pyridine rings is 1. The quantitative estimate of drug-likeness (QED) is 0.203. The number of carbonyl (C=O) groups is 5. The lowest BCUT2D eigenvalue weighted by molar-refractivity contribution is -0.137. The molecule has 2 atom stereocenters. The summed E-state index contributed by atoms with van der Waals surface area (Å²) in [6.07, 6.45) is 1.63. The van der Waals surface area contributed by atoms with Gasteiger partial charge in [0.05, 0.1) is 35.1 Å². The molecule has 1 aromatic heterocycles. The highest BCUT2D eigenvalue weighted by atomic mass is 19.4. The van der Waals surface area contributed by atoms with Crippen LogP contribution < -0.4 is 25.3 Å². The molecule has 15 nitrogen and oxygen atoms in total. The van der Waals surface area contributed by atoms with Gasteiger partial charge < -0.3 is 29.8 Å². The molecular weight excluding hydrogens is 842 g/mol. The van der Waals surface area contributed by atoms with Gasteiger partial charge in [-0.05, 0) is 92.8 Å². The smallest absolute Gasteiger partial charge is 0.372 e. The van der Waals surface area contributed by atoms with Crippen LogP contribution >= 0.6 is 0 Å². The van der Waals surface area contributed by atoms with Crippen molar-refractivity contribution in [1.29, 1.82) is 0 Å². The minimum absolute atomic E-state index is 0.0883. The average Bonchev–Trinajstić information content (AvgIpc) is 3.88. The number of piperidine rings is 3. The summed E-state index contributed by atoms with van der Waals surface area (Å²) in [5, 5.41) is 5.17. The van der Waals surface area contributed by atoms with Gasteiger partial charge in [0.25, 0.3) is 11.8 Å². The lowest BCUT2D eigenvalue weighted by Gasteiger charge is -2.40. The van der Waals surface area contributed by atoms with Gasteiger partial charge in [-0.3, -0.25) is 34.2 Å². The van der Waals surface area contributed by atoms with Crippen molar-refractivity contribution in [3.8, 4) is 0 Å². The fourth-order valence-corrected chi connectivity index (χ4v) is 10.5. The third kappa shape index (κ3) is 9.53. The molecule has 5 amide bonds. The molecule has 0 bridgehead atoms. The molecule has 0 radical (unpaired) electrons. The number of piperazine rings is 1. The Hall–Kier alpha value is -6.06. The molecule has 0 aliphatic carbocycles. The Morgan fingerprint density at radius 2 is 1.32 bits per heavy atom. The van der Waals surface area contributed by atoms with E-state index in [0.717, 1.165) is 107 Å². The van der Waals surface area contributed by atoms with E-state index >= 15 is 0 Å². The zero-order chi connectivity index (χ0) is 45.4. The number of fused-ring (bicyclic) bond motifs is 1. The monoisotopic (exact) mass is 894 g/mol. The van der Waals surface area contributed by atoms with Crippen LogP contribution in [-0.2, 0) is 20.6 Å². The first kappa shape index (κ1) is 44.2. The van der Waals surface area contributed by atoms with Crippen LogP contribution in [0.2, 0.25) is 0 Å². The van der Waals surface area contributed by atoms with Crippen LogP contribution in [-0.4, -0.2) is 134 Å². The molecule has 0 spiro atoms. The molecule has 18 heteroatoms. The van der Waals surface area contributed by atoms with Crippen molar-refractivity contribution >= 4 is 58.1 Å².